The SMILES string of the molecule is COc1ccc(CNCC(=O)OC(C)(C)C)c(OC)c1. The van der Waals surface area contributed by atoms with Crippen LogP contribution < -0.4 is 14.8 Å². The van der Waals surface area contributed by atoms with Crippen molar-refractivity contribution in [2.45, 2.75) is 32.9 Å². The summed E-state index contributed by atoms with van der Waals surface area (Å²) in [5.41, 5.74) is 0.494. The number of hydrogen-bond acceptors (Lipinski definition) is 5. The molecule has 0 unspecified atom stereocenters. The van der Waals surface area contributed by atoms with Crippen LogP contribution in [0.15, 0.2) is 18.2 Å². The van der Waals surface area contributed by atoms with Gasteiger partial charge in [-0.3, -0.25) is 4.79 Å². The number of hydrogen-bond donors (Lipinski definition) is 1. The van der Waals surface area contributed by atoms with E-state index in [0.29, 0.717) is 6.54 Å². The number of benzene rings is 1. The molecule has 0 saturated heterocycles. The largest absolute Gasteiger partial charge is 0.497 e. The van der Waals surface area contributed by atoms with E-state index >= 15 is 0 Å². The average molecular weight is 281 g/mol. The highest BCUT2D eigenvalue weighted by atomic mass is 16.6. The van der Waals surface area contributed by atoms with Crippen molar-refractivity contribution >= 4 is 5.97 Å². The monoisotopic (exact) mass is 281 g/mol. The van der Waals surface area contributed by atoms with Gasteiger partial charge in [-0.05, 0) is 26.8 Å². The third-order valence-electron chi connectivity index (χ3n) is 2.50. The predicted molar refractivity (Wildman–Crippen MR) is 77.1 cm³/mol. The Morgan fingerprint density at radius 2 is 1.90 bits per heavy atom. The normalized spacial score (nSPS) is 11.1. The van der Waals surface area contributed by atoms with Crippen molar-refractivity contribution in [3.05, 3.63) is 23.8 Å². The molecule has 0 aromatic heterocycles. The number of carbonyl (C=O) groups is 1. The number of methoxy groups -OCH3 is 2. The summed E-state index contributed by atoms with van der Waals surface area (Å²) in [4.78, 5) is 11.6. The zero-order valence-electron chi connectivity index (χ0n) is 12.8. The molecule has 0 fully saturated rings. The zero-order valence-corrected chi connectivity index (χ0v) is 12.8. The topological polar surface area (TPSA) is 56.8 Å². The highest BCUT2D eigenvalue weighted by molar-refractivity contribution is 5.72. The van der Waals surface area contributed by atoms with Crippen LogP contribution in [0.5, 0.6) is 11.5 Å². The molecule has 1 N–H and O–H groups in total. The summed E-state index contributed by atoms with van der Waals surface area (Å²) < 4.78 is 15.6. The second-order valence-corrected chi connectivity index (χ2v) is 5.37. The lowest BCUT2D eigenvalue weighted by molar-refractivity contribution is -0.153. The molecule has 0 spiro atoms. The summed E-state index contributed by atoms with van der Waals surface area (Å²) in [5, 5.41) is 3.04. The Bertz CT molecular complexity index is 452. The molecular formula is C15H23NO4. The van der Waals surface area contributed by atoms with Crippen LogP contribution in [0.4, 0.5) is 0 Å². The maximum atomic E-state index is 11.6. The Labute approximate surface area is 120 Å². The van der Waals surface area contributed by atoms with E-state index in [-0.39, 0.29) is 12.5 Å². The molecule has 0 atom stereocenters. The molecule has 0 aliphatic rings. The molecule has 1 aromatic rings. The average Bonchev–Trinajstić information content (AvgIpc) is 2.36. The molecule has 0 amide bonds. The van der Waals surface area contributed by atoms with Gasteiger partial charge >= 0.3 is 5.97 Å². The lowest BCUT2D eigenvalue weighted by atomic mass is 10.2. The van der Waals surface area contributed by atoms with Gasteiger partial charge in [0.2, 0.25) is 0 Å². The van der Waals surface area contributed by atoms with Gasteiger partial charge in [0, 0.05) is 18.2 Å². The van der Waals surface area contributed by atoms with Crippen molar-refractivity contribution in [3.63, 3.8) is 0 Å². The number of esters is 1. The number of ether oxygens (including phenoxy) is 3. The third kappa shape index (κ3) is 5.48. The maximum absolute atomic E-state index is 11.6. The Hall–Kier alpha value is -1.75. The Morgan fingerprint density at radius 1 is 1.20 bits per heavy atom. The van der Waals surface area contributed by atoms with E-state index in [1.165, 1.54) is 0 Å². The second-order valence-electron chi connectivity index (χ2n) is 5.37. The molecule has 0 radical (unpaired) electrons. The predicted octanol–water partition coefficient (Wildman–Crippen LogP) is 2.14. The van der Waals surface area contributed by atoms with Gasteiger partial charge in [-0.15, -0.1) is 0 Å². The highest BCUT2D eigenvalue weighted by Gasteiger charge is 2.15. The maximum Gasteiger partial charge on any atom is 0.320 e. The van der Waals surface area contributed by atoms with Gasteiger partial charge in [0.05, 0.1) is 20.8 Å². The van der Waals surface area contributed by atoms with Gasteiger partial charge in [-0.2, -0.15) is 0 Å². The molecule has 1 aromatic carbocycles. The molecule has 0 bridgehead atoms. The van der Waals surface area contributed by atoms with Gasteiger partial charge in [-0.25, -0.2) is 0 Å². The number of rotatable bonds is 6. The molecule has 20 heavy (non-hydrogen) atoms. The third-order valence-corrected chi connectivity index (χ3v) is 2.50. The van der Waals surface area contributed by atoms with Crippen LogP contribution in [0.3, 0.4) is 0 Å². The molecule has 0 aliphatic heterocycles. The van der Waals surface area contributed by atoms with E-state index in [2.05, 4.69) is 5.32 Å². The fourth-order valence-corrected chi connectivity index (χ4v) is 1.67. The molecule has 0 saturated carbocycles. The van der Waals surface area contributed by atoms with E-state index in [1.807, 2.05) is 39.0 Å². The smallest absolute Gasteiger partial charge is 0.320 e. The minimum absolute atomic E-state index is 0.159. The van der Waals surface area contributed by atoms with E-state index < -0.39 is 5.60 Å². The molecule has 5 nitrogen and oxygen atoms in total. The van der Waals surface area contributed by atoms with E-state index in [4.69, 9.17) is 14.2 Å². The molecule has 1 rings (SSSR count). The first-order valence-corrected chi connectivity index (χ1v) is 6.49. The first kappa shape index (κ1) is 16.3. The van der Waals surface area contributed by atoms with E-state index in [1.54, 1.807) is 14.2 Å². The van der Waals surface area contributed by atoms with Crippen LogP contribution >= 0.6 is 0 Å². The summed E-state index contributed by atoms with van der Waals surface area (Å²) in [6.07, 6.45) is 0. The quantitative estimate of drug-likeness (QED) is 0.810. The number of carbonyl (C=O) groups excluding carboxylic acids is 1. The van der Waals surface area contributed by atoms with Crippen LogP contribution in [-0.4, -0.2) is 32.3 Å². The molecular weight excluding hydrogens is 258 g/mol. The summed E-state index contributed by atoms with van der Waals surface area (Å²) in [5.74, 6) is 1.18. The number of nitrogens with one attached hydrogen (secondary N) is 1. The first-order valence-electron chi connectivity index (χ1n) is 6.49. The fraction of sp³-hybridized carbons (Fsp3) is 0.533. The van der Waals surface area contributed by atoms with Crippen molar-refractivity contribution in [1.82, 2.24) is 5.32 Å². The standard InChI is InChI=1S/C15H23NO4/c1-15(2,3)20-14(17)10-16-9-11-6-7-12(18-4)8-13(11)19-5/h6-8,16H,9-10H2,1-5H3. The van der Waals surface area contributed by atoms with E-state index in [0.717, 1.165) is 17.1 Å². The van der Waals surface area contributed by atoms with Crippen molar-refractivity contribution in [1.29, 1.82) is 0 Å². The Balaban J connectivity index is 2.52. The van der Waals surface area contributed by atoms with Gasteiger partial charge in [0.1, 0.15) is 17.1 Å². The van der Waals surface area contributed by atoms with Crippen molar-refractivity contribution < 1.29 is 19.0 Å². The minimum atomic E-state index is -0.462. The van der Waals surface area contributed by atoms with Crippen LogP contribution in [0.25, 0.3) is 0 Å². The van der Waals surface area contributed by atoms with E-state index in [9.17, 15) is 4.79 Å². The van der Waals surface area contributed by atoms with Crippen molar-refractivity contribution in [2.75, 3.05) is 20.8 Å². The molecule has 0 heterocycles. The fourth-order valence-electron chi connectivity index (χ4n) is 1.67. The minimum Gasteiger partial charge on any atom is -0.497 e. The van der Waals surface area contributed by atoms with Crippen LogP contribution in [0, 0.1) is 0 Å². The van der Waals surface area contributed by atoms with Gasteiger partial charge < -0.3 is 19.5 Å². The van der Waals surface area contributed by atoms with Gasteiger partial charge in [-0.1, -0.05) is 6.07 Å². The summed E-state index contributed by atoms with van der Waals surface area (Å²) >= 11 is 0. The lowest BCUT2D eigenvalue weighted by Crippen LogP contribution is -2.31. The summed E-state index contributed by atoms with van der Waals surface area (Å²) in [6, 6.07) is 5.57. The van der Waals surface area contributed by atoms with Crippen LogP contribution in [0.1, 0.15) is 26.3 Å². The lowest BCUT2D eigenvalue weighted by Gasteiger charge is -2.19. The van der Waals surface area contributed by atoms with Crippen molar-refractivity contribution in [2.24, 2.45) is 0 Å². The first-order chi connectivity index (χ1) is 9.35. The Kier molecular flexibility index (Phi) is 5.82. The van der Waals surface area contributed by atoms with Crippen molar-refractivity contribution in [3.8, 4) is 11.5 Å². The summed E-state index contributed by atoms with van der Waals surface area (Å²) in [7, 11) is 3.21. The van der Waals surface area contributed by atoms with Gasteiger partial charge in [0.25, 0.3) is 0 Å². The zero-order chi connectivity index (χ0) is 15.2. The Morgan fingerprint density at radius 3 is 2.45 bits per heavy atom. The molecule has 112 valence electrons. The van der Waals surface area contributed by atoms with Crippen LogP contribution in [0.2, 0.25) is 0 Å². The summed E-state index contributed by atoms with van der Waals surface area (Å²) in [6.45, 7) is 6.21. The van der Waals surface area contributed by atoms with Gasteiger partial charge in [0.15, 0.2) is 0 Å². The second kappa shape index (κ2) is 7.14. The highest BCUT2D eigenvalue weighted by Crippen LogP contribution is 2.24. The molecule has 0 aliphatic carbocycles. The molecule has 5 heteroatoms. The van der Waals surface area contributed by atoms with Crippen LogP contribution in [-0.2, 0) is 16.1 Å².